The zero-order chi connectivity index (χ0) is 14.0. The van der Waals surface area contributed by atoms with Crippen LogP contribution in [0.5, 0.6) is 5.88 Å². The summed E-state index contributed by atoms with van der Waals surface area (Å²) >= 11 is 0. The predicted molar refractivity (Wildman–Crippen MR) is 72.3 cm³/mol. The molecule has 0 saturated heterocycles. The molecule has 1 saturated carbocycles. The molecule has 0 bridgehead atoms. The first-order valence-electron chi connectivity index (χ1n) is 6.70. The van der Waals surface area contributed by atoms with Crippen LogP contribution in [0.3, 0.4) is 0 Å². The molecule has 0 spiro atoms. The number of hydrogen-bond acceptors (Lipinski definition) is 4. The highest BCUT2D eigenvalue weighted by Crippen LogP contribution is 2.48. The van der Waals surface area contributed by atoms with Gasteiger partial charge in [-0.3, -0.25) is 4.79 Å². The number of esters is 1. The molecule has 0 unspecified atom stereocenters. The quantitative estimate of drug-likeness (QED) is 0.783. The molecular formula is C15H21NO3. The summed E-state index contributed by atoms with van der Waals surface area (Å²) in [6, 6.07) is 3.93. The predicted octanol–water partition coefficient (Wildman–Crippen LogP) is 2.49. The van der Waals surface area contributed by atoms with Crippen molar-refractivity contribution in [2.24, 2.45) is 5.92 Å². The molecule has 1 aliphatic rings. The maximum atomic E-state index is 12.1. The zero-order valence-electron chi connectivity index (χ0n) is 12.0. The van der Waals surface area contributed by atoms with E-state index in [2.05, 4.69) is 18.8 Å². The highest BCUT2D eigenvalue weighted by molar-refractivity contribution is 5.84. The number of nitrogens with zero attached hydrogens (tertiary/aromatic N) is 1. The molecule has 1 heterocycles. The Bertz CT molecular complexity index is 478. The van der Waals surface area contributed by atoms with E-state index in [1.807, 2.05) is 12.1 Å². The third kappa shape index (κ3) is 2.20. The molecule has 4 heteroatoms. The number of ether oxygens (including phenoxy) is 2. The van der Waals surface area contributed by atoms with Gasteiger partial charge in [0.1, 0.15) is 5.41 Å². The van der Waals surface area contributed by atoms with Gasteiger partial charge in [-0.1, -0.05) is 19.9 Å². The van der Waals surface area contributed by atoms with E-state index in [0.29, 0.717) is 11.8 Å². The maximum absolute atomic E-state index is 12.1. The molecule has 1 fully saturated rings. The second-order valence-electron chi connectivity index (χ2n) is 5.31. The summed E-state index contributed by atoms with van der Waals surface area (Å²) in [5.41, 5.74) is 1.25. The van der Waals surface area contributed by atoms with Crippen LogP contribution in [0.15, 0.2) is 12.1 Å². The maximum Gasteiger partial charge on any atom is 0.317 e. The molecule has 0 radical (unpaired) electrons. The van der Waals surface area contributed by atoms with E-state index in [1.165, 1.54) is 7.11 Å². The van der Waals surface area contributed by atoms with Gasteiger partial charge in [0, 0.05) is 5.56 Å². The SMILES string of the molecule is CCc1ccc(C2(C(=O)OC)CC(C)C2)nc1OC. The van der Waals surface area contributed by atoms with Crippen LogP contribution in [0.1, 0.15) is 37.9 Å². The van der Waals surface area contributed by atoms with Crippen molar-refractivity contribution >= 4 is 5.97 Å². The Morgan fingerprint density at radius 1 is 1.42 bits per heavy atom. The summed E-state index contributed by atoms with van der Waals surface area (Å²) < 4.78 is 10.3. The minimum atomic E-state index is -0.576. The fourth-order valence-electron chi connectivity index (χ4n) is 2.99. The fourth-order valence-corrected chi connectivity index (χ4v) is 2.99. The number of aromatic nitrogens is 1. The van der Waals surface area contributed by atoms with Crippen LogP contribution >= 0.6 is 0 Å². The van der Waals surface area contributed by atoms with Gasteiger partial charge in [-0.15, -0.1) is 0 Å². The summed E-state index contributed by atoms with van der Waals surface area (Å²) in [5.74, 6) is 0.949. The lowest BCUT2D eigenvalue weighted by Crippen LogP contribution is -2.48. The molecule has 0 aromatic carbocycles. The Kier molecular flexibility index (Phi) is 3.78. The summed E-state index contributed by atoms with van der Waals surface area (Å²) in [4.78, 5) is 16.6. The van der Waals surface area contributed by atoms with Crippen LogP contribution in [-0.2, 0) is 21.4 Å². The minimum Gasteiger partial charge on any atom is -0.481 e. The van der Waals surface area contributed by atoms with E-state index in [0.717, 1.165) is 30.5 Å². The number of pyridine rings is 1. The molecule has 104 valence electrons. The van der Waals surface area contributed by atoms with Crippen LogP contribution in [-0.4, -0.2) is 25.2 Å². The molecular weight excluding hydrogens is 242 g/mol. The van der Waals surface area contributed by atoms with Gasteiger partial charge in [0.25, 0.3) is 0 Å². The second-order valence-corrected chi connectivity index (χ2v) is 5.31. The van der Waals surface area contributed by atoms with Gasteiger partial charge in [-0.2, -0.15) is 0 Å². The lowest BCUT2D eigenvalue weighted by Gasteiger charge is -2.43. The molecule has 0 aliphatic heterocycles. The highest BCUT2D eigenvalue weighted by Gasteiger charge is 2.52. The number of carbonyl (C=O) groups excluding carboxylic acids is 1. The first-order chi connectivity index (χ1) is 9.07. The Balaban J connectivity index is 2.41. The van der Waals surface area contributed by atoms with Crippen molar-refractivity contribution in [3.05, 3.63) is 23.4 Å². The average molecular weight is 263 g/mol. The number of hydrogen-bond donors (Lipinski definition) is 0. The van der Waals surface area contributed by atoms with Crippen LogP contribution in [0.2, 0.25) is 0 Å². The normalized spacial score (nSPS) is 25.6. The molecule has 19 heavy (non-hydrogen) atoms. The van der Waals surface area contributed by atoms with E-state index >= 15 is 0 Å². The monoisotopic (exact) mass is 263 g/mol. The Morgan fingerprint density at radius 2 is 2.11 bits per heavy atom. The summed E-state index contributed by atoms with van der Waals surface area (Å²) in [7, 11) is 3.05. The first kappa shape index (κ1) is 13.8. The van der Waals surface area contributed by atoms with E-state index in [-0.39, 0.29) is 5.97 Å². The molecule has 1 aliphatic carbocycles. The van der Waals surface area contributed by atoms with Crippen molar-refractivity contribution < 1.29 is 14.3 Å². The van der Waals surface area contributed by atoms with Crippen molar-refractivity contribution in [3.8, 4) is 5.88 Å². The van der Waals surface area contributed by atoms with Gasteiger partial charge in [0.15, 0.2) is 0 Å². The first-order valence-corrected chi connectivity index (χ1v) is 6.70. The van der Waals surface area contributed by atoms with E-state index in [1.54, 1.807) is 7.11 Å². The number of aryl methyl sites for hydroxylation is 1. The lowest BCUT2D eigenvalue weighted by molar-refractivity contribution is -0.153. The number of rotatable bonds is 4. The largest absolute Gasteiger partial charge is 0.481 e. The minimum absolute atomic E-state index is 0.190. The van der Waals surface area contributed by atoms with Gasteiger partial charge < -0.3 is 9.47 Å². The zero-order valence-corrected chi connectivity index (χ0v) is 12.0. The van der Waals surface area contributed by atoms with E-state index < -0.39 is 5.41 Å². The van der Waals surface area contributed by atoms with Gasteiger partial charge in [-0.05, 0) is 31.2 Å². The summed E-state index contributed by atoms with van der Waals surface area (Å²) in [6.07, 6.45) is 2.45. The average Bonchev–Trinajstić information content (AvgIpc) is 2.41. The third-order valence-corrected chi connectivity index (χ3v) is 3.97. The lowest BCUT2D eigenvalue weighted by atomic mass is 9.60. The number of methoxy groups -OCH3 is 2. The van der Waals surface area contributed by atoms with Gasteiger partial charge in [0.05, 0.1) is 19.9 Å². The summed E-state index contributed by atoms with van der Waals surface area (Å²) in [6.45, 7) is 4.19. The van der Waals surface area contributed by atoms with Crippen molar-refractivity contribution in [2.75, 3.05) is 14.2 Å². The molecule has 1 aromatic rings. The van der Waals surface area contributed by atoms with Crippen LogP contribution in [0, 0.1) is 5.92 Å². The van der Waals surface area contributed by atoms with Gasteiger partial charge in [-0.25, -0.2) is 4.98 Å². The molecule has 4 nitrogen and oxygen atoms in total. The molecule has 0 atom stereocenters. The Morgan fingerprint density at radius 3 is 2.58 bits per heavy atom. The molecule has 0 N–H and O–H groups in total. The Hall–Kier alpha value is -1.58. The van der Waals surface area contributed by atoms with E-state index in [9.17, 15) is 4.79 Å². The molecule has 1 aromatic heterocycles. The molecule has 0 amide bonds. The Labute approximate surface area is 114 Å². The standard InChI is InChI=1S/C15H21NO3/c1-5-11-6-7-12(16-13(11)18-3)15(14(17)19-4)8-10(2)9-15/h6-7,10H,5,8-9H2,1-4H3. The van der Waals surface area contributed by atoms with Crippen molar-refractivity contribution in [3.63, 3.8) is 0 Å². The second kappa shape index (κ2) is 5.19. The molecule has 2 rings (SSSR count). The fraction of sp³-hybridized carbons (Fsp3) is 0.600. The van der Waals surface area contributed by atoms with E-state index in [4.69, 9.17) is 9.47 Å². The van der Waals surface area contributed by atoms with Crippen molar-refractivity contribution in [2.45, 2.75) is 38.5 Å². The van der Waals surface area contributed by atoms with Crippen molar-refractivity contribution in [1.82, 2.24) is 4.98 Å². The van der Waals surface area contributed by atoms with Gasteiger partial charge in [0.2, 0.25) is 5.88 Å². The van der Waals surface area contributed by atoms with Crippen LogP contribution < -0.4 is 4.74 Å². The smallest absolute Gasteiger partial charge is 0.317 e. The third-order valence-electron chi connectivity index (χ3n) is 3.97. The van der Waals surface area contributed by atoms with Crippen molar-refractivity contribution in [1.29, 1.82) is 0 Å². The summed E-state index contributed by atoms with van der Waals surface area (Å²) in [5, 5.41) is 0. The van der Waals surface area contributed by atoms with Gasteiger partial charge >= 0.3 is 5.97 Å². The number of carbonyl (C=O) groups is 1. The highest BCUT2D eigenvalue weighted by atomic mass is 16.5. The van der Waals surface area contributed by atoms with Crippen LogP contribution in [0.25, 0.3) is 0 Å². The topological polar surface area (TPSA) is 48.4 Å². The van der Waals surface area contributed by atoms with Crippen LogP contribution in [0.4, 0.5) is 0 Å².